The summed E-state index contributed by atoms with van der Waals surface area (Å²) in [6.45, 7) is 9.30. The molecule has 0 bridgehead atoms. The fourth-order valence-corrected chi connectivity index (χ4v) is 6.92. The number of likely N-dealkylation sites (tertiary alicyclic amines) is 2. The van der Waals surface area contributed by atoms with Crippen LogP contribution in [0.2, 0.25) is 0 Å². The number of hydrogen-bond acceptors (Lipinski definition) is 2. The summed E-state index contributed by atoms with van der Waals surface area (Å²) in [4.78, 5) is 12.8. The molecule has 2 rings (SSSR count). The van der Waals surface area contributed by atoms with Crippen molar-refractivity contribution in [2.75, 3.05) is 53.4 Å². The third-order valence-corrected chi connectivity index (χ3v) is 9.36. The van der Waals surface area contributed by atoms with Crippen LogP contribution in [-0.4, -0.2) is 74.4 Å². The van der Waals surface area contributed by atoms with E-state index in [1.807, 2.05) is 0 Å². The average molecular weight is 523 g/mol. The van der Waals surface area contributed by atoms with E-state index < -0.39 is 0 Å². The number of rotatable bonds is 21. The number of unbranched alkanes of at least 4 members (excludes halogenated alkanes) is 14. The van der Waals surface area contributed by atoms with E-state index in [1.165, 1.54) is 155 Å². The second kappa shape index (κ2) is 19.4. The van der Waals surface area contributed by atoms with Gasteiger partial charge in [-0.3, -0.25) is 4.79 Å². The number of esters is 1. The van der Waals surface area contributed by atoms with Gasteiger partial charge in [-0.05, 0) is 44.9 Å². The number of ether oxygens (including phenoxy) is 1. The zero-order valence-corrected chi connectivity index (χ0v) is 25.6. The van der Waals surface area contributed by atoms with Gasteiger partial charge in [0.1, 0.15) is 13.1 Å². The van der Waals surface area contributed by atoms with Crippen LogP contribution in [0.1, 0.15) is 148 Å². The Morgan fingerprint density at radius 2 is 0.919 bits per heavy atom. The Labute approximate surface area is 232 Å². The van der Waals surface area contributed by atoms with Crippen LogP contribution < -0.4 is 0 Å². The highest BCUT2D eigenvalue weighted by Gasteiger charge is 2.36. The molecule has 2 aliphatic rings. The standard InChI is InChI=1S/C33H66N2O2/c1-4-5-6-7-8-9-10-11-12-13-14-15-16-17-20-25-33(36)37-32(30-34(2)26-21-18-22-27-34)31-35(3)28-23-19-24-29-35/h32H,4-31H2,1-3H3/q+2. The van der Waals surface area contributed by atoms with Crippen molar-refractivity contribution in [3.05, 3.63) is 0 Å². The van der Waals surface area contributed by atoms with Crippen LogP contribution in [0.3, 0.4) is 0 Å². The summed E-state index contributed by atoms with van der Waals surface area (Å²) in [6.07, 6.45) is 29.1. The molecular weight excluding hydrogens is 456 g/mol. The van der Waals surface area contributed by atoms with Gasteiger partial charge in [0.25, 0.3) is 0 Å². The second-order valence-corrected chi connectivity index (χ2v) is 13.4. The molecule has 218 valence electrons. The molecule has 2 aliphatic heterocycles. The Bertz CT molecular complexity index is 541. The largest absolute Gasteiger partial charge is 0.450 e. The monoisotopic (exact) mass is 523 g/mol. The van der Waals surface area contributed by atoms with Gasteiger partial charge in [0.05, 0.1) is 40.3 Å². The molecule has 0 radical (unpaired) electrons. The Kier molecular flexibility index (Phi) is 17.1. The molecule has 0 N–H and O–H groups in total. The summed E-state index contributed by atoms with van der Waals surface area (Å²) in [6, 6.07) is 0. The first-order valence-electron chi connectivity index (χ1n) is 16.8. The average Bonchev–Trinajstić information content (AvgIpc) is 2.86. The van der Waals surface area contributed by atoms with Gasteiger partial charge in [-0.25, -0.2) is 0 Å². The molecule has 0 aromatic heterocycles. The number of piperidine rings is 2. The number of quaternary nitrogens is 2. The van der Waals surface area contributed by atoms with Crippen molar-refractivity contribution in [1.29, 1.82) is 0 Å². The van der Waals surface area contributed by atoms with E-state index in [9.17, 15) is 4.79 Å². The van der Waals surface area contributed by atoms with Crippen molar-refractivity contribution < 1.29 is 18.5 Å². The maximum Gasteiger partial charge on any atom is 0.306 e. The molecule has 0 unspecified atom stereocenters. The van der Waals surface area contributed by atoms with E-state index in [2.05, 4.69) is 21.0 Å². The number of hydrogen-bond donors (Lipinski definition) is 0. The van der Waals surface area contributed by atoms with Gasteiger partial charge in [-0.2, -0.15) is 0 Å². The topological polar surface area (TPSA) is 26.3 Å². The van der Waals surface area contributed by atoms with Gasteiger partial charge in [-0.15, -0.1) is 0 Å². The van der Waals surface area contributed by atoms with Gasteiger partial charge in [-0.1, -0.05) is 96.8 Å². The summed E-state index contributed by atoms with van der Waals surface area (Å²) >= 11 is 0. The van der Waals surface area contributed by atoms with Crippen molar-refractivity contribution in [1.82, 2.24) is 0 Å². The predicted molar refractivity (Wildman–Crippen MR) is 159 cm³/mol. The first-order valence-corrected chi connectivity index (χ1v) is 16.8. The van der Waals surface area contributed by atoms with E-state index in [4.69, 9.17) is 4.74 Å². The number of carbonyl (C=O) groups is 1. The summed E-state index contributed by atoms with van der Waals surface area (Å²) in [7, 11) is 4.79. The minimum atomic E-state index is 0.0620. The molecule has 4 heteroatoms. The highest BCUT2D eigenvalue weighted by atomic mass is 16.5. The van der Waals surface area contributed by atoms with E-state index in [1.54, 1.807) is 0 Å². The Balaban J connectivity index is 1.55. The van der Waals surface area contributed by atoms with Gasteiger partial charge in [0, 0.05) is 6.42 Å². The molecule has 4 nitrogen and oxygen atoms in total. The second-order valence-electron chi connectivity index (χ2n) is 13.4. The van der Waals surface area contributed by atoms with Crippen LogP contribution in [0.25, 0.3) is 0 Å². The van der Waals surface area contributed by atoms with Crippen molar-refractivity contribution in [3.63, 3.8) is 0 Å². The van der Waals surface area contributed by atoms with Crippen LogP contribution in [0.4, 0.5) is 0 Å². The maximum atomic E-state index is 12.8. The molecule has 0 aromatic carbocycles. The quantitative estimate of drug-likeness (QED) is 0.0859. The number of likely N-dealkylation sites (N-methyl/N-ethyl adjacent to an activating group) is 2. The number of carbonyl (C=O) groups excluding carboxylic acids is 1. The highest BCUT2D eigenvalue weighted by Crippen LogP contribution is 2.22. The molecule has 2 fully saturated rings. The van der Waals surface area contributed by atoms with Crippen LogP contribution in [0, 0.1) is 0 Å². The first-order chi connectivity index (χ1) is 17.9. The molecule has 0 amide bonds. The zero-order chi connectivity index (χ0) is 26.7. The number of nitrogens with zero attached hydrogens (tertiary/aromatic N) is 2. The van der Waals surface area contributed by atoms with Crippen molar-refractivity contribution >= 4 is 5.97 Å². The third-order valence-electron chi connectivity index (χ3n) is 9.36. The van der Waals surface area contributed by atoms with Crippen molar-refractivity contribution in [2.45, 2.75) is 154 Å². The normalized spacial score (nSPS) is 19.2. The molecule has 0 aromatic rings. The zero-order valence-electron chi connectivity index (χ0n) is 25.6. The van der Waals surface area contributed by atoms with Gasteiger partial charge >= 0.3 is 5.97 Å². The van der Waals surface area contributed by atoms with Crippen LogP contribution in [0.15, 0.2) is 0 Å². The van der Waals surface area contributed by atoms with E-state index in [0.29, 0.717) is 6.42 Å². The van der Waals surface area contributed by atoms with E-state index in [-0.39, 0.29) is 12.1 Å². The molecule has 0 atom stereocenters. The molecule has 0 aliphatic carbocycles. The maximum absolute atomic E-state index is 12.8. The summed E-state index contributed by atoms with van der Waals surface area (Å²) in [5.41, 5.74) is 0. The van der Waals surface area contributed by atoms with Gasteiger partial charge < -0.3 is 13.7 Å². The van der Waals surface area contributed by atoms with E-state index in [0.717, 1.165) is 28.5 Å². The fraction of sp³-hybridized carbons (Fsp3) is 0.970. The third kappa shape index (κ3) is 15.5. The Morgan fingerprint density at radius 3 is 1.30 bits per heavy atom. The lowest BCUT2D eigenvalue weighted by Crippen LogP contribution is -2.58. The lowest BCUT2D eigenvalue weighted by atomic mass is 10.0. The molecular formula is C33H66N2O2+2. The fourth-order valence-electron chi connectivity index (χ4n) is 6.92. The van der Waals surface area contributed by atoms with Crippen LogP contribution in [0.5, 0.6) is 0 Å². The smallest absolute Gasteiger partial charge is 0.306 e. The summed E-state index contributed by atoms with van der Waals surface area (Å²) in [5.74, 6) is 0.0620. The molecule has 0 saturated carbocycles. The predicted octanol–water partition coefficient (Wildman–Crippen LogP) is 8.42. The highest BCUT2D eigenvalue weighted by molar-refractivity contribution is 5.69. The van der Waals surface area contributed by atoms with Crippen LogP contribution in [-0.2, 0) is 9.53 Å². The minimum absolute atomic E-state index is 0.0620. The van der Waals surface area contributed by atoms with Gasteiger partial charge in [0.15, 0.2) is 6.10 Å². The van der Waals surface area contributed by atoms with Gasteiger partial charge in [0.2, 0.25) is 0 Å². The molecule has 2 saturated heterocycles. The molecule has 2 heterocycles. The Morgan fingerprint density at radius 1 is 0.568 bits per heavy atom. The SMILES string of the molecule is CCCCCCCCCCCCCCCCCC(=O)OC(C[N+]1(C)CCCCC1)C[N+]1(C)CCCCC1. The first kappa shape index (κ1) is 32.6. The molecule has 0 spiro atoms. The Hall–Kier alpha value is -0.610. The van der Waals surface area contributed by atoms with Crippen molar-refractivity contribution in [3.8, 4) is 0 Å². The minimum Gasteiger partial charge on any atom is -0.450 e. The summed E-state index contributed by atoms with van der Waals surface area (Å²) < 4.78 is 8.42. The lowest BCUT2D eigenvalue weighted by Gasteiger charge is -2.43. The van der Waals surface area contributed by atoms with Crippen LogP contribution >= 0.6 is 0 Å². The van der Waals surface area contributed by atoms with Crippen molar-refractivity contribution in [2.24, 2.45) is 0 Å². The summed E-state index contributed by atoms with van der Waals surface area (Å²) in [5, 5.41) is 0. The molecule has 37 heavy (non-hydrogen) atoms. The lowest BCUT2D eigenvalue weighted by molar-refractivity contribution is -0.936. The van der Waals surface area contributed by atoms with E-state index >= 15 is 0 Å².